The molecule has 0 saturated carbocycles. The van der Waals surface area contributed by atoms with Gasteiger partial charge in [-0.25, -0.2) is 0 Å². The first-order valence-corrected chi connectivity index (χ1v) is 7.38. The van der Waals surface area contributed by atoms with Gasteiger partial charge in [0.1, 0.15) is 0 Å². The average molecular weight is 262 g/mol. The topological polar surface area (TPSA) is 24.5 Å². The third-order valence-corrected chi connectivity index (χ3v) is 4.12. The van der Waals surface area contributed by atoms with Crippen LogP contribution in [0, 0.1) is 0 Å². The molecule has 1 aliphatic rings. The molecular weight excluding hydrogens is 236 g/mol. The van der Waals surface area contributed by atoms with Gasteiger partial charge in [0.15, 0.2) is 0 Å². The van der Waals surface area contributed by atoms with Crippen molar-refractivity contribution in [3.63, 3.8) is 0 Å². The fourth-order valence-corrected chi connectivity index (χ4v) is 3.15. The van der Waals surface area contributed by atoms with Crippen LogP contribution in [0.2, 0.25) is 0 Å². The Hall–Kier alpha value is -0.900. The highest BCUT2D eigenvalue weighted by Crippen LogP contribution is 2.33. The van der Waals surface area contributed by atoms with Crippen molar-refractivity contribution in [2.45, 2.75) is 32.4 Å². The molecule has 1 N–H and O–H groups in total. The lowest BCUT2D eigenvalue weighted by Crippen LogP contribution is -2.43. The summed E-state index contributed by atoms with van der Waals surface area (Å²) in [5.74, 6) is 0. The molecule has 2 rings (SSSR count). The molecule has 0 aliphatic heterocycles. The third kappa shape index (κ3) is 3.16. The maximum absolute atomic E-state index is 5.51. The van der Waals surface area contributed by atoms with Gasteiger partial charge in [-0.15, -0.1) is 0 Å². The van der Waals surface area contributed by atoms with Crippen LogP contribution in [-0.4, -0.2) is 44.3 Å². The summed E-state index contributed by atoms with van der Waals surface area (Å²) >= 11 is 0. The van der Waals surface area contributed by atoms with Crippen LogP contribution in [-0.2, 0) is 11.2 Å². The molecule has 1 aromatic rings. The Labute approximate surface area is 116 Å². The van der Waals surface area contributed by atoms with E-state index in [1.54, 1.807) is 0 Å². The summed E-state index contributed by atoms with van der Waals surface area (Å²) in [4.78, 5) is 2.54. The summed E-state index contributed by atoms with van der Waals surface area (Å²) < 4.78 is 5.51. The van der Waals surface area contributed by atoms with Gasteiger partial charge in [0, 0.05) is 25.2 Å². The molecule has 0 saturated heterocycles. The number of fused-ring (bicyclic) bond motifs is 1. The summed E-state index contributed by atoms with van der Waals surface area (Å²) in [6.07, 6.45) is 1.14. The number of nitrogens with one attached hydrogen (secondary N) is 1. The molecule has 0 bridgehead atoms. The van der Waals surface area contributed by atoms with Crippen LogP contribution in [0.3, 0.4) is 0 Å². The molecule has 0 aromatic heterocycles. The van der Waals surface area contributed by atoms with Crippen LogP contribution >= 0.6 is 0 Å². The van der Waals surface area contributed by atoms with E-state index in [1.165, 1.54) is 11.1 Å². The maximum atomic E-state index is 5.51. The lowest BCUT2D eigenvalue weighted by Gasteiger charge is -2.32. The van der Waals surface area contributed by atoms with Crippen LogP contribution in [0.25, 0.3) is 0 Å². The smallest absolute Gasteiger partial charge is 0.0593 e. The van der Waals surface area contributed by atoms with Gasteiger partial charge in [0.05, 0.1) is 6.61 Å². The summed E-state index contributed by atoms with van der Waals surface area (Å²) in [5, 5.41) is 3.49. The van der Waals surface area contributed by atoms with Gasteiger partial charge < -0.3 is 10.1 Å². The zero-order valence-corrected chi connectivity index (χ0v) is 12.4. The number of hydrogen-bond acceptors (Lipinski definition) is 3. The molecule has 19 heavy (non-hydrogen) atoms. The van der Waals surface area contributed by atoms with Crippen molar-refractivity contribution >= 4 is 0 Å². The second kappa shape index (κ2) is 7.04. The highest BCUT2D eigenvalue weighted by Gasteiger charge is 2.34. The van der Waals surface area contributed by atoms with Crippen LogP contribution < -0.4 is 5.32 Å². The Morgan fingerprint density at radius 1 is 1.32 bits per heavy atom. The quantitative estimate of drug-likeness (QED) is 0.763. The Balaban J connectivity index is 2.07. The monoisotopic (exact) mass is 262 g/mol. The minimum atomic E-state index is 0.442. The van der Waals surface area contributed by atoms with Crippen LogP contribution in [0.15, 0.2) is 24.3 Å². The van der Waals surface area contributed by atoms with E-state index in [0.29, 0.717) is 12.1 Å². The van der Waals surface area contributed by atoms with E-state index in [0.717, 1.165) is 32.7 Å². The molecule has 0 heterocycles. The highest BCUT2D eigenvalue weighted by atomic mass is 16.5. The molecule has 0 amide bonds. The molecular formula is C16H26N2O. The average Bonchev–Trinajstić information content (AvgIpc) is 2.82. The highest BCUT2D eigenvalue weighted by molar-refractivity contribution is 5.37. The van der Waals surface area contributed by atoms with Crippen LogP contribution in [0.1, 0.15) is 31.0 Å². The minimum Gasteiger partial charge on any atom is -0.380 e. The van der Waals surface area contributed by atoms with Crippen molar-refractivity contribution in [2.75, 3.05) is 33.4 Å². The second-order valence-electron chi connectivity index (χ2n) is 5.06. The predicted molar refractivity (Wildman–Crippen MR) is 79.5 cm³/mol. The number of ether oxygens (including phenoxy) is 1. The molecule has 0 radical (unpaired) electrons. The zero-order valence-electron chi connectivity index (χ0n) is 12.4. The predicted octanol–water partition coefficient (Wildman–Crippen LogP) is 2.23. The molecule has 1 aromatic carbocycles. The van der Waals surface area contributed by atoms with E-state index < -0.39 is 0 Å². The van der Waals surface area contributed by atoms with E-state index in [9.17, 15) is 0 Å². The van der Waals surface area contributed by atoms with Crippen molar-refractivity contribution in [3.05, 3.63) is 35.4 Å². The van der Waals surface area contributed by atoms with Gasteiger partial charge in [-0.1, -0.05) is 31.2 Å². The van der Waals surface area contributed by atoms with Gasteiger partial charge in [0.2, 0.25) is 0 Å². The molecule has 1 aliphatic carbocycles. The first kappa shape index (κ1) is 14.5. The largest absolute Gasteiger partial charge is 0.380 e. The fraction of sp³-hybridized carbons (Fsp3) is 0.625. The van der Waals surface area contributed by atoms with Crippen molar-refractivity contribution < 1.29 is 4.74 Å². The second-order valence-corrected chi connectivity index (χ2v) is 5.06. The standard InChI is InChI=1S/C16H26N2O/c1-4-18(10-11-19-5-2)15-12-13-8-6-7-9-14(13)16(15)17-3/h6-9,15-17H,4-5,10-12H2,1-3H3. The number of nitrogens with zero attached hydrogens (tertiary/aromatic N) is 1. The molecule has 0 spiro atoms. The lowest BCUT2D eigenvalue weighted by atomic mass is 10.1. The zero-order chi connectivity index (χ0) is 13.7. The number of likely N-dealkylation sites (N-methyl/N-ethyl adjacent to an activating group) is 2. The lowest BCUT2D eigenvalue weighted by molar-refractivity contribution is 0.0895. The fourth-order valence-electron chi connectivity index (χ4n) is 3.15. The Morgan fingerprint density at radius 2 is 2.11 bits per heavy atom. The van der Waals surface area contributed by atoms with E-state index in [2.05, 4.69) is 55.4 Å². The van der Waals surface area contributed by atoms with Crippen molar-refractivity contribution in [3.8, 4) is 0 Å². The van der Waals surface area contributed by atoms with Gasteiger partial charge in [-0.05, 0) is 38.1 Å². The van der Waals surface area contributed by atoms with Crippen LogP contribution in [0.5, 0.6) is 0 Å². The molecule has 2 unspecified atom stereocenters. The summed E-state index contributed by atoms with van der Waals surface area (Å²) in [7, 11) is 2.07. The summed E-state index contributed by atoms with van der Waals surface area (Å²) in [6, 6.07) is 9.79. The SMILES string of the molecule is CCOCCN(CC)C1Cc2ccccc2C1NC. The van der Waals surface area contributed by atoms with Gasteiger partial charge >= 0.3 is 0 Å². The number of benzene rings is 1. The third-order valence-electron chi connectivity index (χ3n) is 4.12. The maximum Gasteiger partial charge on any atom is 0.0593 e. The minimum absolute atomic E-state index is 0.442. The summed E-state index contributed by atoms with van der Waals surface area (Å²) in [5.41, 5.74) is 2.95. The van der Waals surface area contributed by atoms with Crippen molar-refractivity contribution in [1.29, 1.82) is 0 Å². The first-order valence-electron chi connectivity index (χ1n) is 7.38. The molecule has 3 heteroatoms. The van der Waals surface area contributed by atoms with Crippen molar-refractivity contribution in [1.82, 2.24) is 10.2 Å². The molecule has 0 fully saturated rings. The van der Waals surface area contributed by atoms with E-state index in [-0.39, 0.29) is 0 Å². The van der Waals surface area contributed by atoms with Crippen LogP contribution in [0.4, 0.5) is 0 Å². The first-order chi connectivity index (χ1) is 9.31. The summed E-state index contributed by atoms with van der Waals surface area (Å²) in [6.45, 7) is 8.01. The normalized spacial score (nSPS) is 21.9. The van der Waals surface area contributed by atoms with Crippen molar-refractivity contribution in [2.24, 2.45) is 0 Å². The van der Waals surface area contributed by atoms with Gasteiger partial charge in [-0.2, -0.15) is 0 Å². The van der Waals surface area contributed by atoms with E-state index in [4.69, 9.17) is 4.74 Å². The van der Waals surface area contributed by atoms with Gasteiger partial charge in [0.25, 0.3) is 0 Å². The Morgan fingerprint density at radius 3 is 2.79 bits per heavy atom. The van der Waals surface area contributed by atoms with E-state index >= 15 is 0 Å². The number of hydrogen-bond donors (Lipinski definition) is 1. The van der Waals surface area contributed by atoms with E-state index in [1.807, 2.05) is 0 Å². The molecule has 3 nitrogen and oxygen atoms in total. The number of rotatable bonds is 7. The Bertz CT molecular complexity index is 394. The molecule has 2 atom stereocenters. The molecule has 106 valence electrons. The van der Waals surface area contributed by atoms with Gasteiger partial charge in [-0.3, -0.25) is 4.90 Å². The Kier molecular flexibility index (Phi) is 5.37.